The Morgan fingerprint density at radius 1 is 0.656 bits per heavy atom. The molecule has 2 atom stereocenters. The van der Waals surface area contributed by atoms with Gasteiger partial charge in [0.05, 0.1) is 11.7 Å². The Morgan fingerprint density at radius 2 is 1.16 bits per heavy atom. The molecule has 1 aliphatic heterocycles. The standard InChI is InChI=1S/C28H22N2O2/c31-19-26(32)28-23-16-8-7-15-22(23)27(29-28)24-17-9-10-18-25(24)30(20-11-3-1-4-12-20)21-13-5-2-6-14-21/h1-19,27-29H. The summed E-state index contributed by atoms with van der Waals surface area (Å²) in [6, 6.07) is 35.6. The number of aldehydes is 1. The normalized spacial score (nSPS) is 16.9. The van der Waals surface area contributed by atoms with Gasteiger partial charge in [-0.15, -0.1) is 0 Å². The minimum atomic E-state index is -0.636. The number of ketones is 1. The molecule has 1 heterocycles. The first kappa shape index (κ1) is 19.9. The number of rotatable bonds is 6. The molecule has 0 spiro atoms. The average Bonchev–Trinajstić information content (AvgIpc) is 3.25. The zero-order chi connectivity index (χ0) is 21.9. The number of nitrogens with one attached hydrogen (secondary N) is 1. The molecule has 2 unspecified atom stereocenters. The van der Waals surface area contributed by atoms with Gasteiger partial charge in [-0.3, -0.25) is 14.9 Å². The van der Waals surface area contributed by atoms with Crippen LogP contribution < -0.4 is 10.2 Å². The summed E-state index contributed by atoms with van der Waals surface area (Å²) in [5.74, 6) is -0.458. The Morgan fingerprint density at radius 3 is 1.75 bits per heavy atom. The zero-order valence-electron chi connectivity index (χ0n) is 17.4. The summed E-state index contributed by atoms with van der Waals surface area (Å²) in [4.78, 5) is 25.9. The molecule has 4 nitrogen and oxygen atoms in total. The van der Waals surface area contributed by atoms with Crippen LogP contribution in [-0.4, -0.2) is 12.1 Å². The van der Waals surface area contributed by atoms with Crippen molar-refractivity contribution in [3.05, 3.63) is 126 Å². The number of carbonyl (C=O) groups excluding carboxylic acids is 2. The van der Waals surface area contributed by atoms with Gasteiger partial charge in [0.15, 0.2) is 6.29 Å². The van der Waals surface area contributed by atoms with Crippen LogP contribution in [-0.2, 0) is 9.59 Å². The summed E-state index contributed by atoms with van der Waals surface area (Å²) in [5, 5.41) is 3.41. The number of benzene rings is 4. The highest BCUT2D eigenvalue weighted by Crippen LogP contribution is 2.44. The number of nitrogens with zero attached hydrogens (tertiary/aromatic N) is 1. The molecule has 4 aromatic carbocycles. The molecule has 0 amide bonds. The van der Waals surface area contributed by atoms with Crippen molar-refractivity contribution in [2.75, 3.05) is 4.90 Å². The molecule has 32 heavy (non-hydrogen) atoms. The lowest BCUT2D eigenvalue weighted by Gasteiger charge is -2.29. The SMILES string of the molecule is O=CC(=O)C1NC(c2ccccc2N(c2ccccc2)c2ccccc2)c2ccccc21. The van der Waals surface area contributed by atoms with Gasteiger partial charge in [-0.25, -0.2) is 0 Å². The minimum Gasteiger partial charge on any atom is -0.310 e. The molecule has 0 saturated carbocycles. The van der Waals surface area contributed by atoms with Gasteiger partial charge < -0.3 is 4.90 Å². The number of anilines is 3. The van der Waals surface area contributed by atoms with Crippen LogP contribution in [0.5, 0.6) is 0 Å². The van der Waals surface area contributed by atoms with Gasteiger partial charge >= 0.3 is 0 Å². The fourth-order valence-electron chi connectivity index (χ4n) is 4.46. The van der Waals surface area contributed by atoms with Crippen molar-refractivity contribution < 1.29 is 9.59 Å². The fourth-order valence-corrected chi connectivity index (χ4v) is 4.46. The second-order valence-corrected chi connectivity index (χ2v) is 7.75. The van der Waals surface area contributed by atoms with Crippen molar-refractivity contribution in [2.45, 2.75) is 12.1 Å². The molecular formula is C28H22N2O2. The molecular weight excluding hydrogens is 396 g/mol. The van der Waals surface area contributed by atoms with Crippen molar-refractivity contribution in [2.24, 2.45) is 0 Å². The van der Waals surface area contributed by atoms with E-state index in [-0.39, 0.29) is 6.04 Å². The van der Waals surface area contributed by atoms with Crippen LogP contribution in [0, 0.1) is 0 Å². The molecule has 5 rings (SSSR count). The molecule has 156 valence electrons. The highest BCUT2D eigenvalue weighted by molar-refractivity contribution is 6.27. The van der Waals surface area contributed by atoms with Gasteiger partial charge in [-0.05, 0) is 47.0 Å². The van der Waals surface area contributed by atoms with Crippen LogP contribution in [0.25, 0.3) is 0 Å². The van der Waals surface area contributed by atoms with Crippen LogP contribution in [0.3, 0.4) is 0 Å². The predicted octanol–water partition coefficient (Wildman–Crippen LogP) is 5.66. The Labute approximate surface area is 187 Å². The number of para-hydroxylation sites is 3. The monoisotopic (exact) mass is 418 g/mol. The van der Waals surface area contributed by atoms with E-state index in [4.69, 9.17) is 0 Å². The zero-order valence-corrected chi connectivity index (χ0v) is 17.4. The molecule has 0 radical (unpaired) electrons. The van der Waals surface area contributed by atoms with Crippen molar-refractivity contribution in [3.63, 3.8) is 0 Å². The van der Waals surface area contributed by atoms with Gasteiger partial charge in [0.1, 0.15) is 6.04 Å². The fraction of sp³-hybridized carbons (Fsp3) is 0.0714. The third kappa shape index (κ3) is 3.51. The van der Waals surface area contributed by atoms with Gasteiger partial charge in [0, 0.05) is 11.4 Å². The summed E-state index contributed by atoms with van der Waals surface area (Å²) in [6.07, 6.45) is 0.406. The van der Waals surface area contributed by atoms with E-state index in [1.54, 1.807) is 0 Å². The summed E-state index contributed by atoms with van der Waals surface area (Å²) in [5.41, 5.74) is 6.00. The number of fused-ring (bicyclic) bond motifs is 1. The maximum atomic E-state index is 12.4. The number of Topliss-reactive ketones (excluding diaryl/α,β-unsaturated/α-hetero) is 1. The molecule has 0 bridgehead atoms. The largest absolute Gasteiger partial charge is 0.310 e. The van der Waals surface area contributed by atoms with Crippen LogP contribution in [0.4, 0.5) is 17.1 Å². The van der Waals surface area contributed by atoms with Crippen LogP contribution >= 0.6 is 0 Å². The van der Waals surface area contributed by atoms with E-state index in [2.05, 4.69) is 46.6 Å². The molecule has 0 aliphatic carbocycles. The summed E-state index contributed by atoms with van der Waals surface area (Å²) >= 11 is 0. The van der Waals surface area contributed by atoms with Crippen LogP contribution in [0.15, 0.2) is 109 Å². The van der Waals surface area contributed by atoms with Gasteiger partial charge in [0.25, 0.3) is 0 Å². The smallest absolute Gasteiger partial charge is 0.216 e. The van der Waals surface area contributed by atoms with Gasteiger partial charge in [0.2, 0.25) is 5.78 Å². The lowest BCUT2D eigenvalue weighted by molar-refractivity contribution is -0.131. The summed E-state index contributed by atoms with van der Waals surface area (Å²) < 4.78 is 0. The molecule has 1 aliphatic rings. The average molecular weight is 418 g/mol. The minimum absolute atomic E-state index is 0.216. The lowest BCUT2D eigenvalue weighted by Crippen LogP contribution is -2.27. The van der Waals surface area contributed by atoms with Crippen LogP contribution in [0.1, 0.15) is 28.8 Å². The molecule has 4 heteroatoms. The topological polar surface area (TPSA) is 49.4 Å². The Hall–Kier alpha value is -4.02. The third-order valence-electron chi connectivity index (χ3n) is 5.87. The first-order valence-electron chi connectivity index (χ1n) is 10.6. The van der Waals surface area contributed by atoms with E-state index in [0.29, 0.717) is 6.29 Å². The first-order chi connectivity index (χ1) is 15.8. The summed E-state index contributed by atoms with van der Waals surface area (Å²) in [6.45, 7) is 0. The van der Waals surface area contributed by atoms with Crippen molar-refractivity contribution >= 4 is 29.1 Å². The molecule has 4 aromatic rings. The van der Waals surface area contributed by atoms with E-state index >= 15 is 0 Å². The summed E-state index contributed by atoms with van der Waals surface area (Å²) in [7, 11) is 0. The maximum absolute atomic E-state index is 12.4. The lowest BCUT2D eigenvalue weighted by atomic mass is 9.95. The van der Waals surface area contributed by atoms with Gasteiger partial charge in [-0.1, -0.05) is 78.9 Å². The molecule has 0 aromatic heterocycles. The second kappa shape index (κ2) is 8.61. The second-order valence-electron chi connectivity index (χ2n) is 7.75. The highest BCUT2D eigenvalue weighted by Gasteiger charge is 2.36. The Bertz CT molecular complexity index is 1220. The van der Waals surface area contributed by atoms with Crippen molar-refractivity contribution in [1.82, 2.24) is 5.32 Å². The van der Waals surface area contributed by atoms with Crippen LogP contribution in [0.2, 0.25) is 0 Å². The highest BCUT2D eigenvalue weighted by atomic mass is 16.2. The molecule has 0 fully saturated rings. The van der Waals surface area contributed by atoms with Crippen molar-refractivity contribution in [3.8, 4) is 0 Å². The number of hydrogen-bond donors (Lipinski definition) is 1. The van der Waals surface area contributed by atoms with E-state index in [1.807, 2.05) is 72.8 Å². The van der Waals surface area contributed by atoms with E-state index in [1.165, 1.54) is 0 Å². The van der Waals surface area contributed by atoms with E-state index in [0.717, 1.165) is 33.8 Å². The first-order valence-corrected chi connectivity index (χ1v) is 10.6. The number of carbonyl (C=O) groups is 2. The maximum Gasteiger partial charge on any atom is 0.216 e. The Balaban J connectivity index is 1.67. The predicted molar refractivity (Wildman–Crippen MR) is 126 cm³/mol. The quantitative estimate of drug-likeness (QED) is 0.324. The molecule has 1 N–H and O–H groups in total. The van der Waals surface area contributed by atoms with Crippen molar-refractivity contribution in [1.29, 1.82) is 0 Å². The van der Waals surface area contributed by atoms with Gasteiger partial charge in [-0.2, -0.15) is 0 Å². The van der Waals surface area contributed by atoms with E-state index in [9.17, 15) is 9.59 Å². The van der Waals surface area contributed by atoms with E-state index < -0.39 is 11.8 Å². The third-order valence-corrected chi connectivity index (χ3v) is 5.87. The molecule has 0 saturated heterocycles. The number of hydrogen-bond acceptors (Lipinski definition) is 4. The Kier molecular flexibility index (Phi) is 5.36.